The van der Waals surface area contributed by atoms with Crippen LogP contribution in [0.5, 0.6) is 0 Å². The number of nitrogens with zero attached hydrogens (tertiary/aromatic N) is 2. The van der Waals surface area contributed by atoms with Crippen LogP contribution < -0.4 is 0 Å². The lowest BCUT2D eigenvalue weighted by atomic mass is 9.98. The molecule has 0 saturated carbocycles. The average molecular weight is 491 g/mol. The molecule has 0 spiro atoms. The number of benzene rings is 2. The number of carbonyl (C=O) groups excluding carboxylic acids is 3. The average Bonchev–Trinajstić information content (AvgIpc) is 3.36. The molecule has 0 bridgehead atoms. The summed E-state index contributed by atoms with van der Waals surface area (Å²) < 4.78 is 11.5. The Labute approximate surface area is 212 Å². The third kappa shape index (κ3) is 4.47. The van der Waals surface area contributed by atoms with Crippen molar-refractivity contribution in [3.63, 3.8) is 0 Å². The fourth-order valence-corrected chi connectivity index (χ4v) is 5.82. The molecule has 1 aliphatic carbocycles. The molecule has 190 valence electrons. The first kappa shape index (κ1) is 24.3. The van der Waals surface area contributed by atoms with Crippen molar-refractivity contribution in [3.05, 3.63) is 59.7 Å². The Morgan fingerprint density at radius 1 is 0.944 bits per heavy atom. The van der Waals surface area contributed by atoms with Gasteiger partial charge in [0.25, 0.3) is 0 Å². The molecule has 3 aliphatic rings. The smallest absolute Gasteiger partial charge is 0.409 e. The minimum atomic E-state index is -0.622. The lowest BCUT2D eigenvalue weighted by Crippen LogP contribution is -2.49. The second kappa shape index (κ2) is 9.26. The van der Waals surface area contributed by atoms with Crippen molar-refractivity contribution >= 4 is 18.0 Å². The number of hydrogen-bond acceptors (Lipinski definition) is 5. The van der Waals surface area contributed by atoms with Crippen LogP contribution in [0.1, 0.15) is 57.6 Å². The van der Waals surface area contributed by atoms with E-state index in [9.17, 15) is 14.4 Å². The molecule has 0 unspecified atom stereocenters. The van der Waals surface area contributed by atoms with Gasteiger partial charge in [-0.05, 0) is 55.9 Å². The van der Waals surface area contributed by atoms with Gasteiger partial charge in [0.05, 0.1) is 12.0 Å². The van der Waals surface area contributed by atoms with Crippen molar-refractivity contribution in [2.75, 3.05) is 19.7 Å². The lowest BCUT2D eigenvalue weighted by molar-refractivity contribution is -0.164. The summed E-state index contributed by atoms with van der Waals surface area (Å²) in [5, 5.41) is 0. The number of ether oxygens (including phenoxy) is 2. The molecule has 0 N–H and O–H groups in total. The lowest BCUT2D eigenvalue weighted by Gasteiger charge is -2.31. The van der Waals surface area contributed by atoms with E-state index in [0.29, 0.717) is 19.4 Å². The minimum absolute atomic E-state index is 0.0214. The Kier molecular flexibility index (Phi) is 6.27. The highest BCUT2D eigenvalue weighted by Crippen LogP contribution is 2.44. The first-order valence-corrected chi connectivity index (χ1v) is 12.8. The molecule has 2 fully saturated rings. The molecule has 0 aromatic heterocycles. The van der Waals surface area contributed by atoms with Crippen LogP contribution in [0, 0.1) is 5.92 Å². The molecule has 2 amide bonds. The molecule has 7 nitrogen and oxygen atoms in total. The van der Waals surface area contributed by atoms with Crippen LogP contribution in [-0.4, -0.2) is 65.2 Å². The Hall–Kier alpha value is -3.35. The summed E-state index contributed by atoms with van der Waals surface area (Å²) >= 11 is 0. The van der Waals surface area contributed by atoms with Crippen molar-refractivity contribution < 1.29 is 23.9 Å². The second-order valence-corrected chi connectivity index (χ2v) is 11.1. The zero-order chi connectivity index (χ0) is 25.6. The second-order valence-electron chi connectivity index (χ2n) is 11.1. The van der Waals surface area contributed by atoms with Gasteiger partial charge in [-0.15, -0.1) is 0 Å². The van der Waals surface area contributed by atoms with Gasteiger partial charge in [-0.1, -0.05) is 55.5 Å². The van der Waals surface area contributed by atoms with Gasteiger partial charge in [0.2, 0.25) is 5.91 Å². The van der Waals surface area contributed by atoms with Gasteiger partial charge < -0.3 is 19.3 Å². The predicted molar refractivity (Wildman–Crippen MR) is 135 cm³/mol. The van der Waals surface area contributed by atoms with Crippen LogP contribution >= 0.6 is 0 Å². The van der Waals surface area contributed by atoms with E-state index in [0.717, 1.165) is 11.1 Å². The Morgan fingerprint density at radius 2 is 1.56 bits per heavy atom. The number of carbonyl (C=O) groups is 3. The van der Waals surface area contributed by atoms with Gasteiger partial charge in [-0.25, -0.2) is 9.59 Å². The van der Waals surface area contributed by atoms with Gasteiger partial charge in [-0.3, -0.25) is 4.79 Å². The Morgan fingerprint density at radius 3 is 2.17 bits per heavy atom. The molecule has 0 radical (unpaired) electrons. The van der Waals surface area contributed by atoms with Crippen molar-refractivity contribution in [2.24, 2.45) is 5.92 Å². The van der Waals surface area contributed by atoms with Crippen LogP contribution in [0.2, 0.25) is 0 Å². The zero-order valence-corrected chi connectivity index (χ0v) is 21.4. The molecule has 2 aromatic carbocycles. The van der Waals surface area contributed by atoms with E-state index in [1.54, 1.807) is 16.7 Å². The van der Waals surface area contributed by atoms with Crippen molar-refractivity contribution in [2.45, 2.75) is 64.1 Å². The molecule has 2 saturated heterocycles. The molecule has 2 aromatic rings. The fraction of sp³-hybridized carbons (Fsp3) is 0.483. The zero-order valence-electron chi connectivity index (χ0n) is 21.4. The van der Waals surface area contributed by atoms with E-state index in [4.69, 9.17) is 9.47 Å². The maximum atomic E-state index is 13.3. The standard InChI is InChI=1S/C29H34N2O5/c1-18-15-30(16-19-13-14-25(31(19)26(18)32)27(33)36-29(2,3)4)28(34)35-17-24-22-11-7-5-9-20(22)21-10-6-8-12-23(21)24/h5-12,18-19,24-25H,13-17H2,1-4H3/t18-,19+,25-/m0/s1. The number of hydrogen-bond donors (Lipinski definition) is 0. The third-order valence-corrected chi connectivity index (χ3v) is 7.38. The van der Waals surface area contributed by atoms with E-state index < -0.39 is 23.7 Å². The van der Waals surface area contributed by atoms with Crippen molar-refractivity contribution in [3.8, 4) is 11.1 Å². The summed E-state index contributed by atoms with van der Waals surface area (Å²) in [5.74, 6) is -0.937. The van der Waals surface area contributed by atoms with Crippen LogP contribution in [0.3, 0.4) is 0 Å². The van der Waals surface area contributed by atoms with Crippen LogP contribution in [0.25, 0.3) is 11.1 Å². The quantitative estimate of drug-likeness (QED) is 0.589. The summed E-state index contributed by atoms with van der Waals surface area (Å²) in [5.41, 5.74) is 4.06. The number of fused-ring (bicyclic) bond motifs is 4. The molecular formula is C29H34N2O5. The first-order valence-electron chi connectivity index (χ1n) is 12.8. The van der Waals surface area contributed by atoms with Gasteiger partial charge in [0, 0.05) is 19.0 Å². The summed E-state index contributed by atoms with van der Waals surface area (Å²) in [7, 11) is 0. The molecule has 3 atom stereocenters. The third-order valence-electron chi connectivity index (χ3n) is 7.38. The summed E-state index contributed by atoms with van der Waals surface area (Å²) in [6.45, 7) is 8.13. The van der Waals surface area contributed by atoms with E-state index in [1.807, 2.05) is 45.0 Å². The van der Waals surface area contributed by atoms with E-state index in [-0.39, 0.29) is 37.0 Å². The maximum absolute atomic E-state index is 13.3. The SMILES string of the molecule is C[C@H]1CN(C(=O)OCC2c3ccccc3-c3ccccc32)C[C@H]2CC[C@@H](C(=O)OC(C)(C)C)N2C1=O. The molecule has 5 rings (SSSR count). The number of rotatable bonds is 3. The fourth-order valence-electron chi connectivity index (χ4n) is 5.82. The van der Waals surface area contributed by atoms with Gasteiger partial charge >= 0.3 is 12.1 Å². The summed E-state index contributed by atoms with van der Waals surface area (Å²) in [6, 6.07) is 15.6. The highest BCUT2D eigenvalue weighted by molar-refractivity contribution is 5.88. The largest absolute Gasteiger partial charge is 0.458 e. The van der Waals surface area contributed by atoms with Crippen LogP contribution in [0.15, 0.2) is 48.5 Å². The highest BCUT2D eigenvalue weighted by Gasteiger charge is 2.47. The topological polar surface area (TPSA) is 76.2 Å². The molecule has 2 aliphatic heterocycles. The Balaban J connectivity index is 1.29. The van der Waals surface area contributed by atoms with E-state index in [1.165, 1.54) is 11.1 Å². The molecule has 7 heteroatoms. The molecule has 2 heterocycles. The highest BCUT2D eigenvalue weighted by atomic mass is 16.6. The Bertz CT molecular complexity index is 1140. The number of esters is 1. The molecular weight excluding hydrogens is 456 g/mol. The van der Waals surface area contributed by atoms with Crippen molar-refractivity contribution in [1.82, 2.24) is 9.80 Å². The molecule has 36 heavy (non-hydrogen) atoms. The summed E-state index contributed by atoms with van der Waals surface area (Å²) in [6.07, 6.45) is 0.769. The van der Waals surface area contributed by atoms with E-state index >= 15 is 0 Å². The predicted octanol–water partition coefficient (Wildman–Crippen LogP) is 4.59. The van der Waals surface area contributed by atoms with Crippen molar-refractivity contribution in [1.29, 1.82) is 0 Å². The normalized spacial score (nSPS) is 23.6. The monoisotopic (exact) mass is 490 g/mol. The van der Waals surface area contributed by atoms with Crippen LogP contribution in [0.4, 0.5) is 4.79 Å². The maximum Gasteiger partial charge on any atom is 0.409 e. The van der Waals surface area contributed by atoms with Gasteiger partial charge in [-0.2, -0.15) is 0 Å². The van der Waals surface area contributed by atoms with E-state index in [2.05, 4.69) is 24.3 Å². The summed E-state index contributed by atoms with van der Waals surface area (Å²) in [4.78, 5) is 42.6. The minimum Gasteiger partial charge on any atom is -0.458 e. The van der Waals surface area contributed by atoms with Gasteiger partial charge in [0.15, 0.2) is 0 Å². The first-order chi connectivity index (χ1) is 17.1. The van der Waals surface area contributed by atoms with Crippen LogP contribution in [-0.2, 0) is 19.1 Å². The number of amides is 2. The van der Waals surface area contributed by atoms with Gasteiger partial charge in [0.1, 0.15) is 18.2 Å².